The van der Waals surface area contributed by atoms with Crippen LogP contribution in [0.25, 0.3) is 6.08 Å². The first-order chi connectivity index (χ1) is 13.5. The number of carbonyl (C=O) groups is 2. The van der Waals surface area contributed by atoms with Gasteiger partial charge in [0.2, 0.25) is 0 Å². The van der Waals surface area contributed by atoms with Gasteiger partial charge in [0.25, 0.3) is 5.91 Å². The molecule has 2 amide bonds. The Morgan fingerprint density at radius 3 is 2.68 bits per heavy atom. The third kappa shape index (κ3) is 4.27. The van der Waals surface area contributed by atoms with Crippen LogP contribution in [0.15, 0.2) is 48.5 Å². The van der Waals surface area contributed by atoms with Gasteiger partial charge in [-0.3, -0.25) is 4.79 Å². The highest BCUT2D eigenvalue weighted by Crippen LogP contribution is 2.21. The van der Waals surface area contributed by atoms with Crippen LogP contribution in [0, 0.1) is 11.6 Å². The van der Waals surface area contributed by atoms with Gasteiger partial charge in [0, 0.05) is 17.2 Å². The molecule has 0 radical (unpaired) electrons. The van der Waals surface area contributed by atoms with Crippen LogP contribution < -0.4 is 0 Å². The Morgan fingerprint density at radius 2 is 1.96 bits per heavy atom. The number of nitrogens with zero attached hydrogens (tertiary/aromatic N) is 1. The highest BCUT2D eigenvalue weighted by Gasteiger charge is 2.36. The van der Waals surface area contributed by atoms with Crippen molar-refractivity contribution in [3.63, 3.8) is 0 Å². The molecule has 2 aromatic rings. The van der Waals surface area contributed by atoms with E-state index in [2.05, 4.69) is 0 Å². The van der Waals surface area contributed by atoms with E-state index >= 15 is 0 Å². The fourth-order valence-corrected chi connectivity index (χ4v) is 3.23. The Balaban J connectivity index is 1.77. The molecule has 0 bridgehead atoms. The molecule has 0 unspecified atom stereocenters. The first-order valence-electron chi connectivity index (χ1n) is 9.20. The molecule has 0 spiro atoms. The summed E-state index contributed by atoms with van der Waals surface area (Å²) >= 11 is 0. The molecule has 3 rings (SSSR count). The van der Waals surface area contributed by atoms with Crippen molar-refractivity contribution in [2.75, 3.05) is 6.61 Å². The number of amides is 2. The lowest BCUT2D eigenvalue weighted by molar-refractivity contribution is -0.124. The van der Waals surface area contributed by atoms with Gasteiger partial charge in [-0.15, -0.1) is 0 Å². The molecular weight excluding hydrogens is 364 g/mol. The predicted octanol–water partition coefficient (Wildman–Crippen LogP) is 4.52. The van der Waals surface area contributed by atoms with E-state index in [4.69, 9.17) is 4.74 Å². The standard InChI is InChI=1S/C22H21F2NO3/c1-2-6-18-19(23)11-9-16(21(18)24)10-12-20(26)25-17(14-28-22(25)27)13-15-7-4-3-5-8-15/h3-5,7-12,17H,2,6,13-14H2,1H3/b12-10+/t17-/m0/s1. The normalized spacial score (nSPS) is 16.6. The second-order valence-electron chi connectivity index (χ2n) is 6.64. The van der Waals surface area contributed by atoms with Gasteiger partial charge in [0.1, 0.15) is 18.2 Å². The zero-order valence-electron chi connectivity index (χ0n) is 15.5. The molecule has 1 aliphatic rings. The van der Waals surface area contributed by atoms with Gasteiger partial charge in [-0.25, -0.2) is 18.5 Å². The van der Waals surface area contributed by atoms with Crippen LogP contribution in [0.3, 0.4) is 0 Å². The average molecular weight is 385 g/mol. The number of cyclic esters (lactones) is 1. The third-order valence-electron chi connectivity index (χ3n) is 4.63. The number of hydrogen-bond acceptors (Lipinski definition) is 3. The summed E-state index contributed by atoms with van der Waals surface area (Å²) < 4.78 is 33.3. The Labute approximate surface area is 162 Å². The van der Waals surface area contributed by atoms with Gasteiger partial charge in [-0.1, -0.05) is 43.7 Å². The summed E-state index contributed by atoms with van der Waals surface area (Å²) in [7, 11) is 0. The maximum atomic E-state index is 14.5. The van der Waals surface area contributed by atoms with Crippen molar-refractivity contribution in [2.24, 2.45) is 0 Å². The van der Waals surface area contributed by atoms with E-state index in [0.717, 1.165) is 16.5 Å². The minimum Gasteiger partial charge on any atom is -0.447 e. The lowest BCUT2D eigenvalue weighted by Crippen LogP contribution is -2.39. The summed E-state index contributed by atoms with van der Waals surface area (Å²) in [5, 5.41) is 0. The smallest absolute Gasteiger partial charge is 0.417 e. The summed E-state index contributed by atoms with van der Waals surface area (Å²) in [5.41, 5.74) is 1.08. The van der Waals surface area contributed by atoms with Gasteiger partial charge in [-0.05, 0) is 36.6 Å². The van der Waals surface area contributed by atoms with Gasteiger partial charge in [0.15, 0.2) is 0 Å². The monoisotopic (exact) mass is 385 g/mol. The van der Waals surface area contributed by atoms with E-state index in [1.807, 2.05) is 37.3 Å². The van der Waals surface area contributed by atoms with Gasteiger partial charge in [-0.2, -0.15) is 0 Å². The van der Waals surface area contributed by atoms with Crippen molar-refractivity contribution in [1.29, 1.82) is 0 Å². The number of imide groups is 1. The fraction of sp³-hybridized carbons (Fsp3) is 0.273. The van der Waals surface area contributed by atoms with Crippen LogP contribution in [-0.2, 0) is 22.4 Å². The number of rotatable bonds is 6. The first-order valence-corrected chi connectivity index (χ1v) is 9.20. The largest absolute Gasteiger partial charge is 0.447 e. The van der Waals surface area contributed by atoms with Crippen molar-refractivity contribution in [3.8, 4) is 0 Å². The summed E-state index contributed by atoms with van der Waals surface area (Å²) in [6, 6.07) is 11.5. The molecule has 146 valence electrons. The quantitative estimate of drug-likeness (QED) is 0.687. The number of halogens is 2. The Kier molecular flexibility index (Phi) is 6.19. The summed E-state index contributed by atoms with van der Waals surface area (Å²) in [4.78, 5) is 25.6. The maximum Gasteiger partial charge on any atom is 0.417 e. The average Bonchev–Trinajstić information content (AvgIpc) is 3.05. The molecule has 1 aliphatic heterocycles. The van der Waals surface area contributed by atoms with Crippen LogP contribution in [0.4, 0.5) is 13.6 Å². The molecule has 0 aliphatic carbocycles. The van der Waals surface area contributed by atoms with Crippen molar-refractivity contribution in [2.45, 2.75) is 32.2 Å². The maximum absolute atomic E-state index is 14.5. The molecular formula is C22H21F2NO3. The molecule has 28 heavy (non-hydrogen) atoms. The molecule has 0 aromatic heterocycles. The molecule has 0 N–H and O–H groups in total. The van der Waals surface area contributed by atoms with Crippen LogP contribution in [-0.4, -0.2) is 29.5 Å². The fourth-order valence-electron chi connectivity index (χ4n) is 3.23. The predicted molar refractivity (Wildman–Crippen MR) is 102 cm³/mol. The molecule has 0 saturated carbocycles. The van der Waals surface area contributed by atoms with Crippen LogP contribution in [0.5, 0.6) is 0 Å². The molecule has 1 fully saturated rings. The number of carbonyl (C=O) groups excluding carboxylic acids is 2. The Bertz CT molecular complexity index is 896. The van der Waals surface area contributed by atoms with Gasteiger partial charge >= 0.3 is 6.09 Å². The van der Waals surface area contributed by atoms with Crippen LogP contribution >= 0.6 is 0 Å². The van der Waals surface area contributed by atoms with E-state index in [-0.39, 0.29) is 24.2 Å². The number of ether oxygens (including phenoxy) is 1. The van der Waals surface area contributed by atoms with Crippen molar-refractivity contribution >= 4 is 18.1 Å². The molecule has 1 atom stereocenters. The highest BCUT2D eigenvalue weighted by molar-refractivity contribution is 6.02. The molecule has 6 heteroatoms. The number of hydrogen-bond donors (Lipinski definition) is 0. The van der Waals surface area contributed by atoms with E-state index in [9.17, 15) is 18.4 Å². The highest BCUT2D eigenvalue weighted by atomic mass is 19.1. The zero-order chi connectivity index (χ0) is 20.1. The molecule has 1 saturated heterocycles. The minimum atomic E-state index is -0.721. The van der Waals surface area contributed by atoms with Crippen molar-refractivity contribution < 1.29 is 23.1 Å². The minimum absolute atomic E-state index is 0.000338. The Morgan fingerprint density at radius 1 is 1.21 bits per heavy atom. The van der Waals surface area contributed by atoms with Crippen LogP contribution in [0.2, 0.25) is 0 Å². The van der Waals surface area contributed by atoms with Crippen molar-refractivity contribution in [1.82, 2.24) is 4.90 Å². The molecule has 2 aromatic carbocycles. The van der Waals surface area contributed by atoms with E-state index in [1.54, 1.807) is 0 Å². The lowest BCUT2D eigenvalue weighted by Gasteiger charge is -2.18. The second-order valence-corrected chi connectivity index (χ2v) is 6.64. The summed E-state index contributed by atoms with van der Waals surface area (Å²) in [6.45, 7) is 1.94. The van der Waals surface area contributed by atoms with Gasteiger partial charge in [0.05, 0.1) is 6.04 Å². The van der Waals surface area contributed by atoms with E-state index < -0.39 is 29.7 Å². The van der Waals surface area contributed by atoms with Gasteiger partial charge < -0.3 is 4.74 Å². The number of benzene rings is 2. The lowest BCUT2D eigenvalue weighted by atomic mass is 10.0. The third-order valence-corrected chi connectivity index (χ3v) is 4.63. The van der Waals surface area contributed by atoms with Crippen molar-refractivity contribution in [3.05, 3.63) is 76.9 Å². The second kappa shape index (κ2) is 8.78. The van der Waals surface area contributed by atoms with E-state index in [0.29, 0.717) is 12.8 Å². The zero-order valence-corrected chi connectivity index (χ0v) is 15.5. The first kappa shape index (κ1) is 19.7. The summed E-state index contributed by atoms with van der Waals surface area (Å²) in [6.07, 6.45) is 3.00. The molecule has 4 nitrogen and oxygen atoms in total. The topological polar surface area (TPSA) is 46.6 Å². The van der Waals surface area contributed by atoms with Crippen LogP contribution in [0.1, 0.15) is 30.0 Å². The summed E-state index contributed by atoms with van der Waals surface area (Å²) in [5.74, 6) is -1.88. The molecule has 1 heterocycles. The van der Waals surface area contributed by atoms with E-state index in [1.165, 1.54) is 18.2 Å². The Hall–Kier alpha value is -3.02. The SMILES string of the molecule is CCCc1c(F)ccc(/C=C/C(=O)N2C(=O)OC[C@@H]2Cc2ccccc2)c1F.